The van der Waals surface area contributed by atoms with Crippen LogP contribution in [0.25, 0.3) is 0 Å². The van der Waals surface area contributed by atoms with Gasteiger partial charge in [0.2, 0.25) is 0 Å². The molecular weight excluding hydrogens is 371 g/mol. The van der Waals surface area contributed by atoms with Crippen molar-refractivity contribution in [2.45, 2.75) is 13.3 Å². The average Bonchev–Trinajstić information content (AvgIpc) is 2.62. The van der Waals surface area contributed by atoms with Crippen LogP contribution < -0.4 is 0 Å². The van der Waals surface area contributed by atoms with Gasteiger partial charge in [0.1, 0.15) is 4.88 Å². The molecule has 1 N–H and O–H groups in total. The molecule has 0 radical (unpaired) electrons. The van der Waals surface area contributed by atoms with Crippen LogP contribution >= 0.6 is 50.5 Å². The zero-order valence-corrected chi connectivity index (χ0v) is 13.8. The maximum atomic E-state index is 11.1. The monoisotopic (exact) mass is 378 g/mol. The van der Waals surface area contributed by atoms with Gasteiger partial charge in [-0.3, -0.25) is 0 Å². The van der Waals surface area contributed by atoms with Crippen LogP contribution in [0.5, 0.6) is 0 Å². The van der Waals surface area contributed by atoms with Crippen LogP contribution in [0.2, 0.25) is 10.0 Å². The van der Waals surface area contributed by atoms with Gasteiger partial charge >= 0.3 is 5.97 Å². The summed E-state index contributed by atoms with van der Waals surface area (Å²) in [6.07, 6.45) is 0.638. The Morgan fingerprint density at radius 3 is 2.58 bits per heavy atom. The number of carboxylic acids is 1. The SMILES string of the molecule is Cc1c(Cc2ccc(Cl)c(Cl)c2)sc(C(=O)O)c1Br. The molecule has 19 heavy (non-hydrogen) atoms. The van der Waals surface area contributed by atoms with Crippen molar-refractivity contribution in [1.82, 2.24) is 0 Å². The van der Waals surface area contributed by atoms with E-state index in [0.29, 0.717) is 25.8 Å². The van der Waals surface area contributed by atoms with Crippen molar-refractivity contribution >= 4 is 56.4 Å². The second-order valence-corrected chi connectivity index (χ2v) is 6.74. The minimum Gasteiger partial charge on any atom is -0.477 e. The molecule has 0 aliphatic rings. The normalized spacial score (nSPS) is 10.7. The molecule has 100 valence electrons. The highest BCUT2D eigenvalue weighted by molar-refractivity contribution is 9.10. The molecule has 1 aromatic heterocycles. The fourth-order valence-corrected chi connectivity index (χ4v) is 3.85. The van der Waals surface area contributed by atoms with Crippen molar-refractivity contribution in [3.05, 3.63) is 53.6 Å². The third kappa shape index (κ3) is 3.14. The summed E-state index contributed by atoms with van der Waals surface area (Å²) in [5, 5.41) is 10.1. The van der Waals surface area contributed by atoms with Gasteiger partial charge in [0.25, 0.3) is 0 Å². The molecule has 0 aliphatic carbocycles. The van der Waals surface area contributed by atoms with Crippen molar-refractivity contribution < 1.29 is 9.90 Å². The Balaban J connectivity index is 2.35. The molecule has 2 aromatic rings. The van der Waals surface area contributed by atoms with Crippen LogP contribution in [0, 0.1) is 6.92 Å². The van der Waals surface area contributed by atoms with Gasteiger partial charge in [-0.2, -0.15) is 0 Å². The fourth-order valence-electron chi connectivity index (χ4n) is 1.68. The molecule has 0 amide bonds. The first-order valence-electron chi connectivity index (χ1n) is 5.35. The highest BCUT2D eigenvalue weighted by Crippen LogP contribution is 2.34. The van der Waals surface area contributed by atoms with Crippen LogP contribution in [0.4, 0.5) is 0 Å². The Hall–Kier alpha value is -0.550. The molecule has 0 atom stereocenters. The standard InChI is InChI=1S/C13H9BrCl2O2S/c1-6-10(19-12(11(6)14)13(17)18)5-7-2-3-8(15)9(16)4-7/h2-4H,5H2,1H3,(H,17,18). The lowest BCUT2D eigenvalue weighted by atomic mass is 10.1. The molecule has 1 aromatic carbocycles. The van der Waals surface area contributed by atoms with Gasteiger partial charge in [-0.05, 0) is 46.1 Å². The molecular formula is C13H9BrCl2O2S. The first-order chi connectivity index (χ1) is 8.90. The van der Waals surface area contributed by atoms with Gasteiger partial charge in [-0.15, -0.1) is 11.3 Å². The zero-order valence-electron chi connectivity index (χ0n) is 9.84. The number of thiophene rings is 1. The van der Waals surface area contributed by atoms with E-state index < -0.39 is 5.97 Å². The van der Waals surface area contributed by atoms with E-state index in [1.165, 1.54) is 11.3 Å². The molecule has 0 fully saturated rings. The predicted molar refractivity (Wildman–Crippen MR) is 83.0 cm³/mol. The van der Waals surface area contributed by atoms with Gasteiger partial charge in [-0.25, -0.2) is 4.79 Å². The van der Waals surface area contributed by atoms with Crippen molar-refractivity contribution in [3.8, 4) is 0 Å². The smallest absolute Gasteiger partial charge is 0.347 e. The summed E-state index contributed by atoms with van der Waals surface area (Å²) in [4.78, 5) is 12.4. The zero-order chi connectivity index (χ0) is 14.2. The van der Waals surface area contributed by atoms with Crippen molar-refractivity contribution in [3.63, 3.8) is 0 Å². The summed E-state index contributed by atoms with van der Waals surface area (Å²) < 4.78 is 0.653. The average molecular weight is 380 g/mol. The lowest BCUT2D eigenvalue weighted by Gasteiger charge is -2.03. The van der Waals surface area contributed by atoms with Gasteiger partial charge in [-0.1, -0.05) is 29.3 Å². The summed E-state index contributed by atoms with van der Waals surface area (Å²) in [6, 6.07) is 5.44. The lowest BCUT2D eigenvalue weighted by Crippen LogP contribution is -1.92. The third-order valence-electron chi connectivity index (χ3n) is 2.72. The summed E-state index contributed by atoms with van der Waals surface area (Å²) in [6.45, 7) is 1.90. The van der Waals surface area contributed by atoms with E-state index in [4.69, 9.17) is 28.3 Å². The Kier molecular flexibility index (Phi) is 4.56. The molecule has 0 bridgehead atoms. The molecule has 0 spiro atoms. The summed E-state index contributed by atoms with van der Waals surface area (Å²) in [7, 11) is 0. The molecule has 0 aliphatic heterocycles. The number of halogens is 3. The topological polar surface area (TPSA) is 37.3 Å². The number of hydrogen-bond donors (Lipinski definition) is 1. The van der Waals surface area contributed by atoms with Crippen molar-refractivity contribution in [2.75, 3.05) is 0 Å². The first-order valence-corrected chi connectivity index (χ1v) is 7.71. The second kappa shape index (κ2) is 5.83. The van der Waals surface area contributed by atoms with Gasteiger partial charge in [0.15, 0.2) is 0 Å². The quantitative estimate of drug-likeness (QED) is 0.773. The Bertz CT molecular complexity index is 652. The van der Waals surface area contributed by atoms with Gasteiger partial charge in [0, 0.05) is 15.8 Å². The maximum Gasteiger partial charge on any atom is 0.347 e. The number of carbonyl (C=O) groups is 1. The highest BCUT2D eigenvalue weighted by Gasteiger charge is 2.18. The van der Waals surface area contributed by atoms with Crippen LogP contribution in [0.1, 0.15) is 25.7 Å². The Labute approximate surface area is 133 Å². The van der Waals surface area contributed by atoms with E-state index in [9.17, 15) is 4.79 Å². The maximum absolute atomic E-state index is 11.1. The van der Waals surface area contributed by atoms with Crippen LogP contribution in [0.15, 0.2) is 22.7 Å². The van der Waals surface area contributed by atoms with Crippen LogP contribution in [-0.4, -0.2) is 11.1 Å². The van der Waals surface area contributed by atoms with E-state index >= 15 is 0 Å². The van der Waals surface area contributed by atoms with Crippen molar-refractivity contribution in [2.24, 2.45) is 0 Å². The Morgan fingerprint density at radius 2 is 2.05 bits per heavy atom. The Morgan fingerprint density at radius 1 is 1.37 bits per heavy atom. The summed E-state index contributed by atoms with van der Waals surface area (Å²) >= 11 is 16.4. The molecule has 2 nitrogen and oxygen atoms in total. The summed E-state index contributed by atoms with van der Waals surface area (Å²) in [5.41, 5.74) is 1.96. The van der Waals surface area contributed by atoms with E-state index in [-0.39, 0.29) is 0 Å². The molecule has 2 rings (SSSR count). The number of carboxylic acid groups (broad SMARTS) is 1. The highest BCUT2D eigenvalue weighted by atomic mass is 79.9. The largest absolute Gasteiger partial charge is 0.477 e. The van der Waals surface area contributed by atoms with E-state index in [1.807, 2.05) is 13.0 Å². The lowest BCUT2D eigenvalue weighted by molar-refractivity contribution is 0.0701. The number of hydrogen-bond acceptors (Lipinski definition) is 2. The van der Waals surface area contributed by atoms with E-state index in [0.717, 1.165) is 16.0 Å². The molecule has 0 saturated carbocycles. The van der Waals surface area contributed by atoms with E-state index in [2.05, 4.69) is 15.9 Å². The van der Waals surface area contributed by atoms with Gasteiger partial charge in [0.05, 0.1) is 10.0 Å². The second-order valence-electron chi connectivity index (χ2n) is 4.02. The fraction of sp³-hybridized carbons (Fsp3) is 0.154. The predicted octanol–water partition coefficient (Wildman–Crippen LogP) is 5.41. The molecule has 0 saturated heterocycles. The molecule has 6 heteroatoms. The molecule has 0 unspecified atom stereocenters. The minimum absolute atomic E-state index is 0.326. The molecule has 1 heterocycles. The first kappa shape index (κ1) is 14.9. The summed E-state index contributed by atoms with van der Waals surface area (Å²) in [5.74, 6) is -0.916. The van der Waals surface area contributed by atoms with Gasteiger partial charge < -0.3 is 5.11 Å². The van der Waals surface area contributed by atoms with E-state index in [1.54, 1.807) is 12.1 Å². The number of benzene rings is 1. The van der Waals surface area contributed by atoms with Crippen LogP contribution in [0.3, 0.4) is 0 Å². The third-order valence-corrected chi connectivity index (χ3v) is 5.99. The van der Waals surface area contributed by atoms with Crippen molar-refractivity contribution in [1.29, 1.82) is 0 Å². The number of aromatic carboxylic acids is 1. The minimum atomic E-state index is -0.916. The number of rotatable bonds is 3. The van der Waals surface area contributed by atoms with Crippen LogP contribution in [-0.2, 0) is 6.42 Å².